The van der Waals surface area contributed by atoms with Crippen molar-refractivity contribution in [2.24, 2.45) is 5.92 Å². The predicted octanol–water partition coefficient (Wildman–Crippen LogP) is 2.93. The van der Waals surface area contributed by atoms with Crippen LogP contribution in [0.2, 0.25) is 5.02 Å². The smallest absolute Gasteiger partial charge is 0.245 e. The fraction of sp³-hybridized carbons (Fsp3) is 0.435. The summed E-state index contributed by atoms with van der Waals surface area (Å²) in [5.41, 5.74) is 2.84. The van der Waals surface area contributed by atoms with Crippen LogP contribution in [0.3, 0.4) is 0 Å². The standard InChI is InChI=1S/C23H26ClN5O4S/c1-16-7-8-18(24)14-20(16)27-10-12-28(13-11-27)23(30)17-4-3-9-29(15-17)34(31,32)21-6-2-5-19-22(21)26-33-25-19/h2,5-8,14,17H,3-4,9-13,15H2,1H3/t17-/m0/s1. The number of halogens is 1. The molecule has 0 bridgehead atoms. The van der Waals surface area contributed by atoms with Gasteiger partial charge in [0.05, 0.1) is 5.92 Å². The number of fused-ring (bicyclic) bond motifs is 1. The molecular weight excluding hydrogens is 478 g/mol. The lowest BCUT2D eigenvalue weighted by atomic mass is 9.97. The summed E-state index contributed by atoms with van der Waals surface area (Å²) in [6, 6.07) is 10.6. The van der Waals surface area contributed by atoms with Gasteiger partial charge in [0.1, 0.15) is 10.4 Å². The number of carbonyl (C=O) groups is 1. The van der Waals surface area contributed by atoms with Gasteiger partial charge in [-0.15, -0.1) is 0 Å². The number of anilines is 1. The van der Waals surface area contributed by atoms with Gasteiger partial charge < -0.3 is 9.80 Å². The molecule has 2 fully saturated rings. The molecule has 0 unspecified atom stereocenters. The average molecular weight is 504 g/mol. The Kier molecular flexibility index (Phi) is 6.22. The monoisotopic (exact) mass is 503 g/mol. The Hall–Kier alpha value is -2.69. The highest BCUT2D eigenvalue weighted by Crippen LogP contribution is 2.29. The summed E-state index contributed by atoms with van der Waals surface area (Å²) in [5, 5.41) is 8.20. The van der Waals surface area contributed by atoms with Crippen LogP contribution >= 0.6 is 11.6 Å². The van der Waals surface area contributed by atoms with Crippen LogP contribution in [0.4, 0.5) is 5.69 Å². The number of aromatic nitrogens is 2. The number of aryl methyl sites for hydroxylation is 1. The molecule has 1 atom stereocenters. The predicted molar refractivity (Wildman–Crippen MR) is 128 cm³/mol. The number of rotatable bonds is 4. The molecule has 3 aromatic rings. The molecule has 3 heterocycles. The molecule has 0 radical (unpaired) electrons. The average Bonchev–Trinajstić information content (AvgIpc) is 3.34. The third kappa shape index (κ3) is 4.25. The van der Waals surface area contributed by atoms with Crippen LogP contribution in [-0.4, -0.2) is 73.1 Å². The molecule has 0 aliphatic carbocycles. The lowest BCUT2D eigenvalue weighted by Gasteiger charge is -2.40. The number of benzene rings is 2. The van der Waals surface area contributed by atoms with E-state index in [4.69, 9.17) is 16.2 Å². The maximum atomic E-state index is 13.4. The molecule has 2 aromatic carbocycles. The van der Waals surface area contributed by atoms with Crippen LogP contribution < -0.4 is 4.90 Å². The highest BCUT2D eigenvalue weighted by molar-refractivity contribution is 7.89. The molecule has 0 spiro atoms. The Bertz CT molecular complexity index is 1320. The third-order valence-electron chi connectivity index (χ3n) is 6.70. The van der Waals surface area contributed by atoms with Crippen LogP contribution in [0.25, 0.3) is 11.0 Å². The Morgan fingerprint density at radius 1 is 1.09 bits per heavy atom. The molecule has 0 saturated carbocycles. The zero-order chi connectivity index (χ0) is 23.9. The van der Waals surface area contributed by atoms with Gasteiger partial charge in [0.25, 0.3) is 0 Å². The lowest BCUT2D eigenvalue weighted by Crippen LogP contribution is -2.53. The molecule has 0 N–H and O–H groups in total. The van der Waals surface area contributed by atoms with Crippen molar-refractivity contribution < 1.29 is 17.8 Å². The van der Waals surface area contributed by atoms with Crippen LogP contribution in [0, 0.1) is 12.8 Å². The minimum Gasteiger partial charge on any atom is -0.368 e. The van der Waals surface area contributed by atoms with Crippen LogP contribution in [-0.2, 0) is 14.8 Å². The maximum Gasteiger partial charge on any atom is 0.245 e. The van der Waals surface area contributed by atoms with Crippen molar-refractivity contribution in [3.63, 3.8) is 0 Å². The quantitative estimate of drug-likeness (QED) is 0.539. The maximum absolute atomic E-state index is 13.4. The first kappa shape index (κ1) is 23.1. The SMILES string of the molecule is Cc1ccc(Cl)cc1N1CCN(C(=O)[C@H]2CCCN(S(=O)(=O)c3cccc4nonc34)C2)CC1. The highest BCUT2D eigenvalue weighted by Gasteiger charge is 2.37. The Labute approximate surface area is 203 Å². The van der Waals surface area contributed by atoms with E-state index in [9.17, 15) is 13.2 Å². The van der Waals surface area contributed by atoms with E-state index in [2.05, 4.69) is 22.1 Å². The van der Waals surface area contributed by atoms with E-state index in [0.29, 0.717) is 56.1 Å². The number of amides is 1. The van der Waals surface area contributed by atoms with Crippen LogP contribution in [0.15, 0.2) is 45.9 Å². The first-order valence-electron chi connectivity index (χ1n) is 11.4. The van der Waals surface area contributed by atoms with E-state index in [1.54, 1.807) is 12.1 Å². The van der Waals surface area contributed by atoms with Gasteiger partial charge in [0, 0.05) is 50.0 Å². The lowest BCUT2D eigenvalue weighted by molar-refractivity contribution is -0.137. The first-order valence-corrected chi connectivity index (χ1v) is 13.2. The topological polar surface area (TPSA) is 99.8 Å². The van der Waals surface area contributed by atoms with E-state index >= 15 is 0 Å². The molecular formula is C23H26ClN5O4S. The fourth-order valence-electron chi connectivity index (χ4n) is 4.84. The molecule has 180 valence electrons. The zero-order valence-corrected chi connectivity index (χ0v) is 20.4. The molecule has 2 saturated heterocycles. The van der Waals surface area contributed by atoms with E-state index < -0.39 is 10.0 Å². The van der Waals surface area contributed by atoms with Gasteiger partial charge in [0.15, 0.2) is 5.52 Å². The highest BCUT2D eigenvalue weighted by atomic mass is 35.5. The number of piperazine rings is 1. The normalized spacial score (nSPS) is 20.1. The molecule has 1 aromatic heterocycles. The third-order valence-corrected chi connectivity index (χ3v) is 8.84. The molecule has 11 heteroatoms. The molecule has 2 aliphatic heterocycles. The Morgan fingerprint density at radius 3 is 2.68 bits per heavy atom. The van der Waals surface area contributed by atoms with Gasteiger partial charge in [-0.05, 0) is 59.9 Å². The summed E-state index contributed by atoms with van der Waals surface area (Å²) < 4.78 is 32.9. The molecule has 34 heavy (non-hydrogen) atoms. The van der Waals surface area contributed by atoms with Gasteiger partial charge in [-0.2, -0.15) is 4.31 Å². The summed E-state index contributed by atoms with van der Waals surface area (Å²) in [7, 11) is -3.83. The summed E-state index contributed by atoms with van der Waals surface area (Å²) in [4.78, 5) is 17.5. The summed E-state index contributed by atoms with van der Waals surface area (Å²) in [5.74, 6) is -0.346. The van der Waals surface area contributed by atoms with Crippen molar-refractivity contribution in [1.82, 2.24) is 19.5 Å². The van der Waals surface area contributed by atoms with Gasteiger partial charge in [-0.25, -0.2) is 13.0 Å². The minimum absolute atomic E-state index is 0.0173. The number of carbonyl (C=O) groups excluding carboxylic acids is 1. The number of nitrogens with zero attached hydrogens (tertiary/aromatic N) is 5. The number of hydrogen-bond donors (Lipinski definition) is 0. The van der Waals surface area contributed by atoms with Gasteiger partial charge in [0.2, 0.25) is 15.9 Å². The fourth-order valence-corrected chi connectivity index (χ4v) is 6.67. The number of sulfonamides is 1. The van der Waals surface area contributed by atoms with Crippen molar-refractivity contribution in [2.45, 2.75) is 24.7 Å². The van der Waals surface area contributed by atoms with Crippen molar-refractivity contribution in [3.05, 3.63) is 47.0 Å². The summed E-state index contributed by atoms with van der Waals surface area (Å²) >= 11 is 6.18. The molecule has 2 aliphatic rings. The Morgan fingerprint density at radius 2 is 1.88 bits per heavy atom. The van der Waals surface area contributed by atoms with Crippen LogP contribution in [0.1, 0.15) is 18.4 Å². The van der Waals surface area contributed by atoms with Crippen molar-refractivity contribution >= 4 is 44.3 Å². The van der Waals surface area contributed by atoms with E-state index in [1.165, 1.54) is 10.4 Å². The van der Waals surface area contributed by atoms with Crippen molar-refractivity contribution in [3.8, 4) is 0 Å². The summed E-state index contributed by atoms with van der Waals surface area (Å²) in [6.07, 6.45) is 1.30. The molecule has 5 rings (SSSR count). The van der Waals surface area contributed by atoms with Crippen molar-refractivity contribution in [1.29, 1.82) is 0 Å². The van der Waals surface area contributed by atoms with Gasteiger partial charge in [-0.3, -0.25) is 4.79 Å². The van der Waals surface area contributed by atoms with E-state index in [-0.39, 0.29) is 28.8 Å². The largest absolute Gasteiger partial charge is 0.368 e. The van der Waals surface area contributed by atoms with E-state index in [0.717, 1.165) is 11.3 Å². The molecule has 9 nitrogen and oxygen atoms in total. The van der Waals surface area contributed by atoms with Crippen LogP contribution in [0.5, 0.6) is 0 Å². The second-order valence-electron chi connectivity index (χ2n) is 8.83. The summed E-state index contributed by atoms with van der Waals surface area (Å²) in [6.45, 7) is 5.20. The van der Waals surface area contributed by atoms with Crippen molar-refractivity contribution in [2.75, 3.05) is 44.2 Å². The van der Waals surface area contributed by atoms with E-state index in [1.807, 2.05) is 23.1 Å². The first-order chi connectivity index (χ1) is 16.3. The zero-order valence-electron chi connectivity index (χ0n) is 18.9. The molecule has 1 amide bonds. The van der Waals surface area contributed by atoms with Gasteiger partial charge in [-0.1, -0.05) is 23.7 Å². The Balaban J connectivity index is 1.27. The minimum atomic E-state index is -3.83. The van der Waals surface area contributed by atoms with Gasteiger partial charge >= 0.3 is 0 Å². The number of piperidine rings is 1. The number of hydrogen-bond acceptors (Lipinski definition) is 7. The second kappa shape index (κ2) is 9.16. The second-order valence-corrected chi connectivity index (χ2v) is 11.2.